The van der Waals surface area contributed by atoms with Gasteiger partial charge in [-0.3, -0.25) is 0 Å². The first-order chi connectivity index (χ1) is 12.2. The zero-order chi connectivity index (χ0) is 17.6. The number of hydrogen-bond acceptors (Lipinski definition) is 5. The zero-order valence-electron chi connectivity index (χ0n) is 15.2. The smallest absolute Gasteiger partial charge is 0.226 e. The van der Waals surface area contributed by atoms with Gasteiger partial charge in [-0.25, -0.2) is 4.98 Å². The van der Waals surface area contributed by atoms with Crippen molar-refractivity contribution in [3.63, 3.8) is 0 Å². The molecule has 1 fully saturated rings. The van der Waals surface area contributed by atoms with E-state index in [9.17, 15) is 0 Å². The van der Waals surface area contributed by atoms with Gasteiger partial charge in [-0.05, 0) is 51.7 Å². The van der Waals surface area contributed by atoms with Crippen LogP contribution in [0, 0.1) is 13.8 Å². The molecule has 0 radical (unpaired) electrons. The molecule has 0 aliphatic heterocycles. The van der Waals surface area contributed by atoms with Crippen LogP contribution >= 0.6 is 0 Å². The summed E-state index contributed by atoms with van der Waals surface area (Å²) in [5, 5.41) is 0. The van der Waals surface area contributed by atoms with Gasteiger partial charge in [0.05, 0.1) is 25.4 Å². The van der Waals surface area contributed by atoms with Gasteiger partial charge < -0.3 is 19.6 Å². The molecule has 1 aliphatic rings. The van der Waals surface area contributed by atoms with Crippen molar-refractivity contribution in [3.8, 4) is 11.5 Å². The molecule has 2 aromatic rings. The predicted molar refractivity (Wildman–Crippen MR) is 97.3 cm³/mol. The third-order valence-corrected chi connectivity index (χ3v) is 4.66. The summed E-state index contributed by atoms with van der Waals surface area (Å²) in [6, 6.07) is 8.18. The van der Waals surface area contributed by atoms with Crippen molar-refractivity contribution in [1.82, 2.24) is 4.98 Å². The molecular formula is C20H28N2O3. The number of hydrogen-bond donors (Lipinski definition) is 1. The second-order valence-corrected chi connectivity index (χ2v) is 6.77. The fourth-order valence-electron chi connectivity index (χ4n) is 3.30. The molecule has 0 bridgehead atoms. The maximum Gasteiger partial charge on any atom is 0.226 e. The molecule has 1 aromatic heterocycles. The second kappa shape index (κ2) is 8.61. The van der Waals surface area contributed by atoms with Crippen LogP contribution in [0.5, 0.6) is 0 Å². The Morgan fingerprint density at radius 3 is 2.76 bits per heavy atom. The highest BCUT2D eigenvalue weighted by Crippen LogP contribution is 2.26. The molecule has 0 spiro atoms. The van der Waals surface area contributed by atoms with Crippen molar-refractivity contribution < 1.29 is 13.9 Å². The average molecular weight is 344 g/mol. The molecule has 2 atom stereocenters. The Balaban J connectivity index is 1.58. The molecule has 5 heteroatoms. The summed E-state index contributed by atoms with van der Waals surface area (Å²) < 4.78 is 17.7. The van der Waals surface area contributed by atoms with Gasteiger partial charge in [0.1, 0.15) is 11.5 Å². The maximum absolute atomic E-state index is 6.10. The number of benzene rings is 1. The van der Waals surface area contributed by atoms with Crippen molar-refractivity contribution in [3.05, 3.63) is 41.3 Å². The lowest BCUT2D eigenvalue weighted by Gasteiger charge is -2.29. The molecule has 0 unspecified atom stereocenters. The van der Waals surface area contributed by atoms with E-state index in [2.05, 4.69) is 24.0 Å². The van der Waals surface area contributed by atoms with Crippen molar-refractivity contribution in [2.24, 2.45) is 5.73 Å². The van der Waals surface area contributed by atoms with Gasteiger partial charge in [0.25, 0.3) is 0 Å². The van der Waals surface area contributed by atoms with Crippen LogP contribution in [0.2, 0.25) is 0 Å². The van der Waals surface area contributed by atoms with Gasteiger partial charge in [-0.15, -0.1) is 0 Å². The highest BCUT2D eigenvalue weighted by Gasteiger charge is 2.23. The Hall–Kier alpha value is -1.69. The first-order valence-electron chi connectivity index (χ1n) is 9.12. The molecular weight excluding hydrogens is 316 g/mol. The van der Waals surface area contributed by atoms with E-state index in [1.54, 1.807) is 0 Å². The minimum atomic E-state index is 0.218. The molecule has 1 aromatic carbocycles. The third-order valence-electron chi connectivity index (χ3n) is 4.66. The van der Waals surface area contributed by atoms with Gasteiger partial charge in [0, 0.05) is 12.1 Å². The van der Waals surface area contributed by atoms with E-state index in [0.717, 1.165) is 42.7 Å². The van der Waals surface area contributed by atoms with Crippen LogP contribution in [0.15, 0.2) is 28.7 Å². The van der Waals surface area contributed by atoms with Crippen LogP contribution < -0.4 is 5.73 Å². The number of nitrogens with zero attached hydrogens (tertiary/aromatic N) is 1. The Labute approximate surface area is 149 Å². The second-order valence-electron chi connectivity index (χ2n) is 6.77. The summed E-state index contributed by atoms with van der Waals surface area (Å²) in [6.07, 6.45) is 4.72. The highest BCUT2D eigenvalue weighted by molar-refractivity contribution is 5.54. The lowest BCUT2D eigenvalue weighted by Crippen LogP contribution is -2.29. The summed E-state index contributed by atoms with van der Waals surface area (Å²) in [4.78, 5) is 4.63. The standard InChI is InChI=1S/C20H28N2O3/c1-14-5-3-6-16(11-14)20-22-19(15(2)25-20)13-24-18-8-4-7-17(12-18)23-10-9-21/h3,5-6,11,17-18H,4,7-10,12-13,21H2,1-2H3/t17-,18+/m1/s1. The first kappa shape index (κ1) is 18.1. The van der Waals surface area contributed by atoms with E-state index in [1.165, 1.54) is 5.56 Å². The van der Waals surface area contributed by atoms with Gasteiger partial charge in [0.2, 0.25) is 5.89 Å². The van der Waals surface area contributed by atoms with E-state index in [1.807, 2.05) is 19.1 Å². The maximum atomic E-state index is 6.10. The number of oxazole rings is 1. The van der Waals surface area contributed by atoms with Crippen molar-refractivity contribution >= 4 is 0 Å². The monoisotopic (exact) mass is 344 g/mol. The Bertz CT molecular complexity index is 683. The molecule has 25 heavy (non-hydrogen) atoms. The highest BCUT2D eigenvalue weighted by atomic mass is 16.5. The molecule has 5 nitrogen and oxygen atoms in total. The predicted octanol–water partition coefficient (Wildman–Crippen LogP) is 3.76. The van der Waals surface area contributed by atoms with Crippen LogP contribution in [0.4, 0.5) is 0 Å². The lowest BCUT2D eigenvalue weighted by atomic mass is 9.95. The van der Waals surface area contributed by atoms with Gasteiger partial charge in [-0.1, -0.05) is 17.7 Å². The molecule has 3 rings (SSSR count). The number of rotatable bonds is 7. The number of ether oxygens (including phenoxy) is 2. The lowest BCUT2D eigenvalue weighted by molar-refractivity contribution is -0.0493. The van der Waals surface area contributed by atoms with Crippen LogP contribution in [-0.2, 0) is 16.1 Å². The third kappa shape index (κ3) is 4.91. The van der Waals surface area contributed by atoms with Crippen LogP contribution in [-0.4, -0.2) is 30.3 Å². The largest absolute Gasteiger partial charge is 0.441 e. The van der Waals surface area contributed by atoms with Crippen molar-refractivity contribution in [2.45, 2.75) is 58.3 Å². The van der Waals surface area contributed by atoms with Crippen LogP contribution in [0.1, 0.15) is 42.7 Å². The first-order valence-corrected chi connectivity index (χ1v) is 9.12. The Kier molecular flexibility index (Phi) is 6.24. The van der Waals surface area contributed by atoms with Crippen molar-refractivity contribution in [2.75, 3.05) is 13.2 Å². The fraction of sp³-hybridized carbons (Fsp3) is 0.550. The minimum absolute atomic E-state index is 0.218. The molecule has 1 saturated carbocycles. The molecule has 2 N–H and O–H groups in total. The fourth-order valence-corrected chi connectivity index (χ4v) is 3.30. The van der Waals surface area contributed by atoms with Gasteiger partial charge >= 0.3 is 0 Å². The summed E-state index contributed by atoms with van der Waals surface area (Å²) in [5.41, 5.74) is 8.59. The average Bonchev–Trinajstić information content (AvgIpc) is 2.99. The summed E-state index contributed by atoms with van der Waals surface area (Å²) >= 11 is 0. The zero-order valence-corrected chi connectivity index (χ0v) is 15.2. The summed E-state index contributed by atoms with van der Waals surface area (Å²) in [7, 11) is 0. The molecule has 1 heterocycles. The number of aromatic nitrogens is 1. The van der Waals surface area contributed by atoms with Crippen molar-refractivity contribution in [1.29, 1.82) is 0 Å². The van der Waals surface area contributed by atoms with E-state index < -0.39 is 0 Å². The minimum Gasteiger partial charge on any atom is -0.441 e. The molecule has 136 valence electrons. The van der Waals surface area contributed by atoms with E-state index in [4.69, 9.17) is 19.6 Å². The molecule has 1 aliphatic carbocycles. The number of nitrogens with two attached hydrogens (primary N) is 1. The number of aryl methyl sites for hydroxylation is 2. The quantitative estimate of drug-likeness (QED) is 0.828. The Morgan fingerprint density at radius 2 is 2.00 bits per heavy atom. The van der Waals surface area contributed by atoms with Crippen LogP contribution in [0.3, 0.4) is 0 Å². The summed E-state index contributed by atoms with van der Waals surface area (Å²) in [5.74, 6) is 1.48. The molecule has 0 saturated heterocycles. The van der Waals surface area contributed by atoms with Gasteiger partial charge in [0.15, 0.2) is 0 Å². The summed E-state index contributed by atoms with van der Waals surface area (Å²) in [6.45, 7) is 5.69. The molecule has 0 amide bonds. The van der Waals surface area contributed by atoms with E-state index in [0.29, 0.717) is 25.6 Å². The normalized spacial score (nSPS) is 20.8. The van der Waals surface area contributed by atoms with E-state index >= 15 is 0 Å². The Morgan fingerprint density at radius 1 is 1.20 bits per heavy atom. The topological polar surface area (TPSA) is 70.5 Å². The van der Waals surface area contributed by atoms with Gasteiger partial charge in [-0.2, -0.15) is 0 Å². The van der Waals surface area contributed by atoms with Crippen LogP contribution in [0.25, 0.3) is 11.5 Å². The van der Waals surface area contributed by atoms with E-state index in [-0.39, 0.29) is 12.2 Å². The SMILES string of the molecule is Cc1cccc(-c2nc(CO[C@H]3CCC[C@@H](OCCN)C3)c(C)o2)c1.